The summed E-state index contributed by atoms with van der Waals surface area (Å²) in [6, 6.07) is 7.34. The molecule has 3 N–H and O–H groups in total. The first-order valence-electron chi connectivity index (χ1n) is 8.75. The largest absolute Gasteiger partial charge is 0.465 e. The number of Topliss-reactive ketones (excluding diaryl/α,β-unsaturated/α-hetero) is 1. The summed E-state index contributed by atoms with van der Waals surface area (Å²) in [5, 5.41) is 19.6. The van der Waals surface area contributed by atoms with E-state index in [0.29, 0.717) is 11.8 Å². The summed E-state index contributed by atoms with van der Waals surface area (Å²) >= 11 is 5.60. The molecule has 0 saturated carbocycles. The average molecular weight is 468 g/mol. The molecule has 0 saturated heterocycles. The number of carboxylic acid groups (broad SMARTS) is 1. The van der Waals surface area contributed by atoms with Crippen LogP contribution in [0.4, 0.5) is 29.3 Å². The van der Waals surface area contributed by atoms with Gasteiger partial charge in [0.15, 0.2) is 5.78 Å². The minimum absolute atomic E-state index is 0.157. The van der Waals surface area contributed by atoms with Crippen molar-refractivity contribution in [2.75, 3.05) is 10.6 Å². The molecule has 1 heterocycles. The molecular formula is C19H13ClF3N5O4. The fourth-order valence-corrected chi connectivity index (χ4v) is 2.99. The first-order valence-corrected chi connectivity index (χ1v) is 9.13. The molecule has 0 aliphatic carbocycles. The number of carbonyl (C=O) groups excluding carboxylic acids is 2. The second-order valence-electron chi connectivity index (χ2n) is 6.35. The number of carbonyl (C=O) groups is 3. The van der Waals surface area contributed by atoms with E-state index in [2.05, 4.69) is 15.6 Å². The zero-order chi connectivity index (χ0) is 23.5. The number of anilines is 2. The molecule has 0 aliphatic rings. The van der Waals surface area contributed by atoms with Gasteiger partial charge >= 0.3 is 12.3 Å². The van der Waals surface area contributed by atoms with Crippen LogP contribution in [0, 0.1) is 0 Å². The van der Waals surface area contributed by atoms with E-state index < -0.39 is 46.7 Å². The maximum absolute atomic E-state index is 13.1. The van der Waals surface area contributed by atoms with Crippen molar-refractivity contribution in [3.05, 3.63) is 64.9 Å². The number of hydrogen-bond donors (Lipinski definition) is 3. The van der Waals surface area contributed by atoms with Crippen molar-refractivity contribution < 1.29 is 32.7 Å². The van der Waals surface area contributed by atoms with Crippen LogP contribution >= 0.6 is 11.6 Å². The van der Waals surface area contributed by atoms with Gasteiger partial charge in [-0.3, -0.25) is 14.9 Å². The molecule has 0 unspecified atom stereocenters. The predicted molar refractivity (Wildman–Crippen MR) is 107 cm³/mol. The van der Waals surface area contributed by atoms with E-state index in [9.17, 15) is 27.6 Å². The van der Waals surface area contributed by atoms with Crippen LogP contribution in [0.25, 0.3) is 5.69 Å². The van der Waals surface area contributed by atoms with Crippen molar-refractivity contribution in [3.8, 4) is 5.69 Å². The molecule has 0 bridgehead atoms. The zero-order valence-corrected chi connectivity index (χ0v) is 16.6. The lowest BCUT2D eigenvalue weighted by molar-refractivity contribution is -0.137. The van der Waals surface area contributed by atoms with Gasteiger partial charge in [0.25, 0.3) is 0 Å². The van der Waals surface area contributed by atoms with Gasteiger partial charge in [-0.2, -0.15) is 13.2 Å². The van der Waals surface area contributed by atoms with E-state index in [1.165, 1.54) is 23.0 Å². The van der Waals surface area contributed by atoms with Crippen LogP contribution in [0.1, 0.15) is 22.3 Å². The van der Waals surface area contributed by atoms with Crippen LogP contribution in [0.3, 0.4) is 0 Å². The quantitative estimate of drug-likeness (QED) is 0.367. The third kappa shape index (κ3) is 5.40. The molecule has 9 nitrogen and oxygen atoms in total. The second kappa shape index (κ2) is 9.06. The van der Waals surface area contributed by atoms with Crippen molar-refractivity contribution in [2.24, 2.45) is 0 Å². The fraction of sp³-hybridized carbons (Fsp3) is 0.105. The number of aromatic nitrogens is 3. The number of rotatable bonds is 6. The number of amides is 2. The molecule has 32 heavy (non-hydrogen) atoms. The van der Waals surface area contributed by atoms with E-state index in [-0.39, 0.29) is 11.3 Å². The van der Waals surface area contributed by atoms with Gasteiger partial charge in [0.05, 0.1) is 46.5 Å². The van der Waals surface area contributed by atoms with Crippen molar-refractivity contribution >= 4 is 40.8 Å². The van der Waals surface area contributed by atoms with E-state index in [1.807, 2.05) is 5.32 Å². The second-order valence-corrected chi connectivity index (χ2v) is 6.76. The summed E-state index contributed by atoms with van der Waals surface area (Å²) in [5.41, 5.74) is -1.50. The lowest BCUT2D eigenvalue weighted by Gasteiger charge is -2.16. The highest BCUT2D eigenvalue weighted by Gasteiger charge is 2.34. The number of benzene rings is 2. The van der Waals surface area contributed by atoms with E-state index >= 15 is 0 Å². The van der Waals surface area contributed by atoms with Gasteiger partial charge in [-0.1, -0.05) is 28.9 Å². The van der Waals surface area contributed by atoms with Crippen molar-refractivity contribution in [3.63, 3.8) is 0 Å². The number of halogens is 4. The number of hydrogen-bond acceptors (Lipinski definition) is 5. The SMILES string of the molecule is O=C(O)Nc1cc(Cl)c(C(F)(F)F)cc1NC(=O)CC(=O)c1cccc(-n2ccnn2)c1. The molecule has 2 aromatic carbocycles. The first-order chi connectivity index (χ1) is 15.0. The maximum Gasteiger partial charge on any atom is 0.417 e. The molecule has 3 rings (SSSR count). The van der Waals surface area contributed by atoms with Crippen LogP contribution in [-0.4, -0.2) is 37.9 Å². The van der Waals surface area contributed by atoms with Crippen molar-refractivity contribution in [2.45, 2.75) is 12.6 Å². The highest BCUT2D eigenvalue weighted by Crippen LogP contribution is 2.39. The van der Waals surface area contributed by atoms with Gasteiger partial charge in [-0.05, 0) is 24.3 Å². The smallest absolute Gasteiger partial charge is 0.417 e. The predicted octanol–water partition coefficient (Wildman–Crippen LogP) is 4.24. The highest BCUT2D eigenvalue weighted by molar-refractivity contribution is 6.32. The zero-order valence-electron chi connectivity index (χ0n) is 15.9. The van der Waals surface area contributed by atoms with E-state index in [1.54, 1.807) is 18.3 Å². The Morgan fingerprint density at radius 1 is 1.09 bits per heavy atom. The number of alkyl halides is 3. The summed E-state index contributed by atoms with van der Waals surface area (Å²) in [7, 11) is 0. The minimum atomic E-state index is -4.85. The molecule has 0 aliphatic heterocycles. The summed E-state index contributed by atoms with van der Waals surface area (Å²) in [4.78, 5) is 35.8. The molecule has 3 aromatic rings. The summed E-state index contributed by atoms with van der Waals surface area (Å²) in [5.74, 6) is -1.58. The van der Waals surface area contributed by atoms with Gasteiger partial charge in [0.2, 0.25) is 5.91 Å². The van der Waals surface area contributed by atoms with Crippen LogP contribution in [0.15, 0.2) is 48.8 Å². The molecule has 13 heteroatoms. The Bertz CT molecular complexity index is 1180. The Balaban J connectivity index is 1.81. The standard InChI is InChI=1S/C19H13ClF3N5O4/c20-13-8-15(26-18(31)32)14(7-12(13)19(21,22)23)25-17(30)9-16(29)10-2-1-3-11(6-10)28-5-4-24-27-28/h1-8,26H,9H2,(H,25,30)(H,31,32). The summed E-state index contributed by atoms with van der Waals surface area (Å²) in [6.45, 7) is 0. The van der Waals surface area contributed by atoms with E-state index in [4.69, 9.17) is 16.7 Å². The molecular weight excluding hydrogens is 455 g/mol. The Hall–Kier alpha value is -3.93. The van der Waals surface area contributed by atoms with Gasteiger partial charge in [0, 0.05) is 5.56 Å². The summed E-state index contributed by atoms with van der Waals surface area (Å²) < 4.78 is 40.8. The molecule has 166 valence electrons. The molecule has 0 atom stereocenters. The molecule has 0 radical (unpaired) electrons. The average Bonchev–Trinajstić information content (AvgIpc) is 3.23. The van der Waals surface area contributed by atoms with Crippen LogP contribution < -0.4 is 10.6 Å². The Kier molecular flexibility index (Phi) is 6.44. The third-order valence-electron chi connectivity index (χ3n) is 4.10. The van der Waals surface area contributed by atoms with Crippen LogP contribution in [0.2, 0.25) is 5.02 Å². The summed E-state index contributed by atoms with van der Waals surface area (Å²) in [6.07, 6.45) is -4.16. The lowest BCUT2D eigenvalue weighted by Crippen LogP contribution is -2.19. The normalized spacial score (nSPS) is 11.1. The van der Waals surface area contributed by atoms with Gasteiger partial charge < -0.3 is 10.4 Å². The monoisotopic (exact) mass is 467 g/mol. The topological polar surface area (TPSA) is 126 Å². The Morgan fingerprint density at radius 2 is 1.81 bits per heavy atom. The molecule has 2 amide bonds. The number of nitrogens with one attached hydrogen (secondary N) is 2. The Morgan fingerprint density at radius 3 is 2.44 bits per heavy atom. The number of ketones is 1. The third-order valence-corrected chi connectivity index (χ3v) is 4.42. The lowest BCUT2D eigenvalue weighted by atomic mass is 10.1. The first kappa shape index (κ1) is 22.7. The minimum Gasteiger partial charge on any atom is -0.465 e. The maximum atomic E-state index is 13.1. The van der Waals surface area contributed by atoms with Gasteiger partial charge in [0.1, 0.15) is 0 Å². The van der Waals surface area contributed by atoms with Crippen LogP contribution in [0.5, 0.6) is 0 Å². The van der Waals surface area contributed by atoms with Gasteiger partial charge in [-0.15, -0.1) is 5.10 Å². The Labute approximate surface area is 182 Å². The molecule has 1 aromatic heterocycles. The van der Waals surface area contributed by atoms with Crippen molar-refractivity contribution in [1.82, 2.24) is 15.0 Å². The number of nitrogens with zero attached hydrogens (tertiary/aromatic N) is 3. The fourth-order valence-electron chi connectivity index (χ4n) is 2.72. The molecule has 0 fully saturated rings. The molecule has 0 spiro atoms. The highest BCUT2D eigenvalue weighted by atomic mass is 35.5. The van der Waals surface area contributed by atoms with Crippen LogP contribution in [-0.2, 0) is 11.0 Å². The van der Waals surface area contributed by atoms with E-state index in [0.717, 1.165) is 6.07 Å². The van der Waals surface area contributed by atoms with Gasteiger partial charge in [-0.25, -0.2) is 9.48 Å². The van der Waals surface area contributed by atoms with Crippen molar-refractivity contribution in [1.29, 1.82) is 0 Å².